The molecule has 1 aromatic heterocycles. The van der Waals surface area contributed by atoms with E-state index in [-0.39, 0.29) is 0 Å². The number of benzene rings is 1. The van der Waals surface area contributed by atoms with E-state index in [0.29, 0.717) is 11.6 Å². The number of hydrogen-bond donors (Lipinski definition) is 1. The Morgan fingerprint density at radius 3 is 2.53 bits per heavy atom. The average Bonchev–Trinajstić information content (AvgIpc) is 2.28. The van der Waals surface area contributed by atoms with Gasteiger partial charge in [0, 0.05) is 6.20 Å². The Morgan fingerprint density at radius 2 is 1.80 bits per heavy atom. The molecule has 74 valence electrons. The van der Waals surface area contributed by atoms with Crippen LogP contribution in [0.1, 0.15) is 11.4 Å². The van der Waals surface area contributed by atoms with Crippen molar-refractivity contribution < 1.29 is 0 Å². The number of anilines is 1. The van der Waals surface area contributed by atoms with Crippen LogP contribution in [0.4, 0.5) is 5.82 Å². The predicted octanol–water partition coefficient (Wildman–Crippen LogP) is 2.23. The van der Waals surface area contributed by atoms with Gasteiger partial charge in [-0.25, -0.2) is 9.97 Å². The first-order valence-corrected chi connectivity index (χ1v) is 4.66. The average molecular weight is 197 g/mol. The maximum atomic E-state index is 5.54. The highest BCUT2D eigenvalue weighted by Gasteiger charge is 1.90. The molecule has 0 amide bonds. The fourth-order valence-electron chi connectivity index (χ4n) is 1.20. The molecule has 2 aromatic rings. The van der Waals surface area contributed by atoms with Crippen molar-refractivity contribution in [2.24, 2.45) is 0 Å². The number of hydrogen-bond acceptors (Lipinski definition) is 3. The first-order chi connectivity index (χ1) is 7.34. The molecule has 0 aliphatic rings. The minimum atomic E-state index is 0.484. The van der Waals surface area contributed by atoms with Gasteiger partial charge in [0.2, 0.25) is 0 Å². The Hall–Kier alpha value is -2.16. The van der Waals surface area contributed by atoms with Crippen molar-refractivity contribution in [3.63, 3.8) is 0 Å². The monoisotopic (exact) mass is 197 g/mol. The van der Waals surface area contributed by atoms with E-state index in [0.717, 1.165) is 5.56 Å². The van der Waals surface area contributed by atoms with Crippen LogP contribution in [-0.2, 0) is 0 Å². The summed E-state index contributed by atoms with van der Waals surface area (Å²) in [6, 6.07) is 11.7. The maximum absolute atomic E-state index is 5.54. The SMILES string of the molecule is Nc1ccnc(/C=C/c2ccccc2)n1. The van der Waals surface area contributed by atoms with Gasteiger partial charge in [-0.3, -0.25) is 0 Å². The van der Waals surface area contributed by atoms with E-state index in [1.165, 1.54) is 0 Å². The summed E-state index contributed by atoms with van der Waals surface area (Å²) in [5, 5.41) is 0. The summed E-state index contributed by atoms with van der Waals surface area (Å²) >= 11 is 0. The molecule has 0 aliphatic carbocycles. The van der Waals surface area contributed by atoms with E-state index in [2.05, 4.69) is 9.97 Å². The minimum Gasteiger partial charge on any atom is -0.384 e. The predicted molar refractivity (Wildman–Crippen MR) is 61.8 cm³/mol. The molecule has 0 fully saturated rings. The summed E-state index contributed by atoms with van der Waals surface area (Å²) in [4.78, 5) is 8.14. The normalized spacial score (nSPS) is 10.7. The van der Waals surface area contributed by atoms with Crippen molar-refractivity contribution >= 4 is 18.0 Å². The molecular weight excluding hydrogens is 186 g/mol. The molecule has 0 saturated carbocycles. The second kappa shape index (κ2) is 4.37. The topological polar surface area (TPSA) is 51.8 Å². The van der Waals surface area contributed by atoms with Gasteiger partial charge >= 0.3 is 0 Å². The molecular formula is C12H11N3. The molecule has 0 aliphatic heterocycles. The molecule has 2 rings (SSSR count). The lowest BCUT2D eigenvalue weighted by molar-refractivity contribution is 1.14. The number of nitrogens with two attached hydrogens (primary N) is 1. The van der Waals surface area contributed by atoms with Gasteiger partial charge in [-0.05, 0) is 17.7 Å². The summed E-state index contributed by atoms with van der Waals surface area (Å²) in [5.41, 5.74) is 6.66. The third kappa shape index (κ3) is 2.64. The van der Waals surface area contributed by atoms with Crippen LogP contribution in [0, 0.1) is 0 Å². The number of nitrogens with zero attached hydrogens (tertiary/aromatic N) is 2. The number of aromatic nitrogens is 2. The second-order valence-corrected chi connectivity index (χ2v) is 3.08. The molecule has 0 atom stereocenters. The van der Waals surface area contributed by atoms with Crippen molar-refractivity contribution in [3.8, 4) is 0 Å². The highest BCUT2D eigenvalue weighted by Crippen LogP contribution is 2.05. The van der Waals surface area contributed by atoms with Gasteiger partial charge in [0.05, 0.1) is 0 Å². The van der Waals surface area contributed by atoms with Gasteiger partial charge in [-0.15, -0.1) is 0 Å². The van der Waals surface area contributed by atoms with Crippen molar-refractivity contribution in [1.82, 2.24) is 9.97 Å². The Morgan fingerprint density at radius 1 is 1.00 bits per heavy atom. The zero-order valence-corrected chi connectivity index (χ0v) is 8.17. The largest absolute Gasteiger partial charge is 0.384 e. The van der Waals surface area contributed by atoms with E-state index in [1.54, 1.807) is 12.3 Å². The van der Waals surface area contributed by atoms with Crippen LogP contribution < -0.4 is 5.73 Å². The van der Waals surface area contributed by atoms with Crippen LogP contribution in [0.25, 0.3) is 12.2 Å². The third-order valence-corrected chi connectivity index (χ3v) is 1.92. The van der Waals surface area contributed by atoms with Crippen molar-refractivity contribution in [3.05, 3.63) is 54.0 Å². The van der Waals surface area contributed by atoms with Crippen LogP contribution in [0.5, 0.6) is 0 Å². The van der Waals surface area contributed by atoms with Crippen molar-refractivity contribution in [2.75, 3.05) is 5.73 Å². The Kier molecular flexibility index (Phi) is 2.74. The second-order valence-electron chi connectivity index (χ2n) is 3.08. The molecule has 1 heterocycles. The van der Waals surface area contributed by atoms with Crippen molar-refractivity contribution in [1.29, 1.82) is 0 Å². The summed E-state index contributed by atoms with van der Waals surface area (Å²) < 4.78 is 0. The molecule has 0 unspecified atom stereocenters. The Labute approximate surface area is 88.3 Å². The van der Waals surface area contributed by atoms with E-state index in [4.69, 9.17) is 5.73 Å². The van der Waals surface area contributed by atoms with Gasteiger partial charge in [0.25, 0.3) is 0 Å². The minimum absolute atomic E-state index is 0.484. The highest BCUT2D eigenvalue weighted by atomic mass is 14.9. The van der Waals surface area contributed by atoms with Crippen LogP contribution in [0.3, 0.4) is 0 Å². The van der Waals surface area contributed by atoms with E-state index < -0.39 is 0 Å². The molecule has 0 bridgehead atoms. The Balaban J connectivity index is 2.19. The summed E-state index contributed by atoms with van der Waals surface area (Å²) in [6.07, 6.45) is 5.44. The van der Waals surface area contributed by atoms with Gasteiger partial charge in [0.1, 0.15) is 5.82 Å². The molecule has 0 spiro atoms. The zero-order chi connectivity index (χ0) is 10.5. The summed E-state index contributed by atoms with van der Waals surface area (Å²) in [6.45, 7) is 0. The molecule has 1 aromatic carbocycles. The summed E-state index contributed by atoms with van der Waals surface area (Å²) in [7, 11) is 0. The smallest absolute Gasteiger partial charge is 0.154 e. The first-order valence-electron chi connectivity index (χ1n) is 4.66. The van der Waals surface area contributed by atoms with E-state index in [9.17, 15) is 0 Å². The maximum Gasteiger partial charge on any atom is 0.154 e. The van der Waals surface area contributed by atoms with Crippen LogP contribution >= 0.6 is 0 Å². The lowest BCUT2D eigenvalue weighted by Gasteiger charge is -1.94. The number of rotatable bonds is 2. The first kappa shape index (κ1) is 9.40. The van der Waals surface area contributed by atoms with E-state index >= 15 is 0 Å². The van der Waals surface area contributed by atoms with Crippen LogP contribution in [0.15, 0.2) is 42.6 Å². The lowest BCUT2D eigenvalue weighted by atomic mass is 10.2. The highest BCUT2D eigenvalue weighted by molar-refractivity contribution is 5.66. The van der Waals surface area contributed by atoms with Gasteiger partial charge < -0.3 is 5.73 Å². The van der Waals surface area contributed by atoms with Crippen LogP contribution in [-0.4, -0.2) is 9.97 Å². The molecule has 3 heteroatoms. The standard InChI is InChI=1S/C12H11N3/c13-11-8-9-14-12(15-11)7-6-10-4-2-1-3-5-10/h1-9H,(H2,13,14,15)/b7-6+. The fourth-order valence-corrected chi connectivity index (χ4v) is 1.20. The Bertz CT molecular complexity index is 463. The molecule has 0 radical (unpaired) electrons. The lowest BCUT2D eigenvalue weighted by Crippen LogP contribution is -1.93. The summed E-state index contributed by atoms with van der Waals surface area (Å²) in [5.74, 6) is 1.11. The molecule has 3 nitrogen and oxygen atoms in total. The third-order valence-electron chi connectivity index (χ3n) is 1.92. The quantitative estimate of drug-likeness (QED) is 0.803. The van der Waals surface area contributed by atoms with Crippen molar-refractivity contribution in [2.45, 2.75) is 0 Å². The molecule has 15 heavy (non-hydrogen) atoms. The fraction of sp³-hybridized carbons (Fsp3) is 0. The number of nitrogen functional groups attached to an aromatic ring is 1. The molecule has 0 saturated heterocycles. The van der Waals surface area contributed by atoms with Crippen LogP contribution in [0.2, 0.25) is 0 Å². The zero-order valence-electron chi connectivity index (χ0n) is 8.17. The molecule has 2 N–H and O–H groups in total. The van der Waals surface area contributed by atoms with Gasteiger partial charge in [0.15, 0.2) is 5.82 Å². The van der Waals surface area contributed by atoms with E-state index in [1.807, 2.05) is 42.5 Å². The van der Waals surface area contributed by atoms with Gasteiger partial charge in [-0.2, -0.15) is 0 Å². The van der Waals surface area contributed by atoms with Gasteiger partial charge in [-0.1, -0.05) is 36.4 Å².